The van der Waals surface area contributed by atoms with Crippen molar-refractivity contribution in [2.24, 2.45) is 11.8 Å². The molecule has 0 bridgehead atoms. The van der Waals surface area contributed by atoms with Gasteiger partial charge in [-0.2, -0.15) is 0 Å². The van der Waals surface area contributed by atoms with E-state index < -0.39 is 0 Å². The molecule has 1 aliphatic carbocycles. The van der Waals surface area contributed by atoms with E-state index in [-0.39, 0.29) is 0 Å². The zero-order valence-electron chi connectivity index (χ0n) is 12.7. The van der Waals surface area contributed by atoms with E-state index in [0.29, 0.717) is 6.04 Å². The van der Waals surface area contributed by atoms with Crippen molar-refractivity contribution >= 4 is 10.9 Å². The lowest BCUT2D eigenvalue weighted by molar-refractivity contribution is 0.380. The number of benzene rings is 1. The van der Waals surface area contributed by atoms with Gasteiger partial charge in [-0.1, -0.05) is 25.5 Å². The van der Waals surface area contributed by atoms with Crippen LogP contribution in [-0.4, -0.2) is 12.0 Å². The summed E-state index contributed by atoms with van der Waals surface area (Å²) >= 11 is 0. The number of aromatic nitrogens is 1. The Labute approximate surface area is 121 Å². The molecule has 1 fully saturated rings. The van der Waals surface area contributed by atoms with Crippen molar-refractivity contribution in [1.29, 1.82) is 0 Å². The molecule has 0 amide bonds. The molecule has 1 saturated carbocycles. The number of nitrogens with zero attached hydrogens (tertiary/aromatic N) is 1. The van der Waals surface area contributed by atoms with Crippen LogP contribution in [0.3, 0.4) is 0 Å². The summed E-state index contributed by atoms with van der Waals surface area (Å²) in [7, 11) is 2.09. The molecule has 3 rings (SSSR count). The summed E-state index contributed by atoms with van der Waals surface area (Å²) in [5.74, 6) is 1.64. The molecule has 1 aromatic heterocycles. The van der Waals surface area contributed by atoms with Crippen molar-refractivity contribution in [2.45, 2.75) is 39.2 Å². The van der Waals surface area contributed by atoms with Gasteiger partial charge in [0.05, 0.1) is 5.52 Å². The van der Waals surface area contributed by atoms with Crippen LogP contribution in [0.2, 0.25) is 0 Å². The first-order valence-corrected chi connectivity index (χ1v) is 7.72. The van der Waals surface area contributed by atoms with Crippen LogP contribution in [0.15, 0.2) is 30.3 Å². The number of hydrogen-bond acceptors (Lipinski definition) is 2. The lowest BCUT2D eigenvalue weighted by Crippen LogP contribution is -2.23. The molecule has 2 heteroatoms. The third kappa shape index (κ3) is 2.57. The van der Waals surface area contributed by atoms with Crippen LogP contribution < -0.4 is 5.32 Å². The fourth-order valence-electron chi connectivity index (χ4n) is 3.67. The molecule has 0 spiro atoms. The zero-order chi connectivity index (χ0) is 14.1. The predicted octanol–water partition coefficient (Wildman–Crippen LogP) is 4.24. The fourth-order valence-corrected chi connectivity index (χ4v) is 3.67. The van der Waals surface area contributed by atoms with E-state index in [2.05, 4.69) is 54.6 Å². The second-order valence-corrected chi connectivity index (χ2v) is 6.35. The highest BCUT2D eigenvalue weighted by Gasteiger charge is 2.28. The van der Waals surface area contributed by atoms with Gasteiger partial charge in [0.25, 0.3) is 0 Å². The highest BCUT2D eigenvalue weighted by atomic mass is 14.9. The van der Waals surface area contributed by atoms with Gasteiger partial charge >= 0.3 is 0 Å². The maximum Gasteiger partial charge on any atom is 0.0705 e. The second kappa shape index (κ2) is 5.53. The van der Waals surface area contributed by atoms with Crippen molar-refractivity contribution in [3.63, 3.8) is 0 Å². The van der Waals surface area contributed by atoms with Gasteiger partial charge < -0.3 is 5.32 Å². The van der Waals surface area contributed by atoms with Crippen LogP contribution in [0.25, 0.3) is 10.9 Å². The van der Waals surface area contributed by atoms with Gasteiger partial charge in [-0.25, -0.2) is 0 Å². The molecule has 2 aromatic rings. The van der Waals surface area contributed by atoms with Gasteiger partial charge in [0.2, 0.25) is 0 Å². The van der Waals surface area contributed by atoms with Gasteiger partial charge in [0.15, 0.2) is 0 Å². The minimum atomic E-state index is 0.477. The number of rotatable bonds is 3. The third-order valence-electron chi connectivity index (χ3n) is 4.73. The Balaban J connectivity index is 1.93. The summed E-state index contributed by atoms with van der Waals surface area (Å²) in [5, 5.41) is 4.79. The lowest BCUT2D eigenvalue weighted by Gasteiger charge is -2.24. The number of nitrogens with one attached hydrogen (secondary N) is 1. The summed E-state index contributed by atoms with van der Waals surface area (Å²) in [6.45, 7) is 4.42. The largest absolute Gasteiger partial charge is 0.313 e. The molecule has 0 aliphatic heterocycles. The van der Waals surface area contributed by atoms with E-state index in [1.165, 1.54) is 30.2 Å². The average Bonchev–Trinajstić information content (AvgIpc) is 2.86. The Morgan fingerprint density at radius 3 is 2.75 bits per heavy atom. The molecule has 1 aromatic carbocycles. The first kappa shape index (κ1) is 13.6. The van der Waals surface area contributed by atoms with Gasteiger partial charge in [0, 0.05) is 17.1 Å². The summed E-state index contributed by atoms with van der Waals surface area (Å²) in [6, 6.07) is 11.5. The lowest BCUT2D eigenvalue weighted by atomic mass is 9.90. The van der Waals surface area contributed by atoms with Crippen molar-refractivity contribution in [3.8, 4) is 0 Å². The molecule has 3 unspecified atom stereocenters. The Kier molecular flexibility index (Phi) is 3.75. The Bertz CT molecular complexity index is 605. The Morgan fingerprint density at radius 2 is 2.05 bits per heavy atom. The molecular formula is C18H24N2. The van der Waals surface area contributed by atoms with Crippen LogP contribution in [0.4, 0.5) is 0 Å². The molecule has 106 valence electrons. The molecule has 3 atom stereocenters. The summed E-state index contributed by atoms with van der Waals surface area (Å²) in [6.07, 6.45) is 4.06. The fraction of sp³-hybridized carbons (Fsp3) is 0.500. The first-order chi connectivity index (χ1) is 9.67. The van der Waals surface area contributed by atoms with Crippen LogP contribution in [0, 0.1) is 18.8 Å². The first-order valence-electron chi connectivity index (χ1n) is 7.72. The van der Waals surface area contributed by atoms with Crippen molar-refractivity contribution in [3.05, 3.63) is 41.6 Å². The van der Waals surface area contributed by atoms with Crippen LogP contribution in [0.5, 0.6) is 0 Å². The SMILES string of the molecule is CNC(c1ccc2nc(C)ccc2c1)C1CCC(C)C1. The monoisotopic (exact) mass is 268 g/mol. The number of hydrogen-bond donors (Lipinski definition) is 1. The molecule has 1 aliphatic rings. The van der Waals surface area contributed by atoms with Crippen LogP contribution in [-0.2, 0) is 0 Å². The molecule has 2 nitrogen and oxygen atoms in total. The van der Waals surface area contributed by atoms with Crippen molar-refractivity contribution in [1.82, 2.24) is 10.3 Å². The minimum Gasteiger partial charge on any atom is -0.313 e. The quantitative estimate of drug-likeness (QED) is 0.900. The standard InChI is InChI=1S/C18H24N2/c1-12-4-6-15(10-12)18(19-3)16-8-9-17-14(11-16)7-5-13(2)20-17/h5,7-9,11-12,15,18-19H,4,6,10H2,1-3H3. The van der Waals surface area contributed by atoms with E-state index in [4.69, 9.17) is 0 Å². The van der Waals surface area contributed by atoms with E-state index >= 15 is 0 Å². The van der Waals surface area contributed by atoms with E-state index in [0.717, 1.165) is 23.0 Å². The Hall–Kier alpha value is -1.41. The number of fused-ring (bicyclic) bond motifs is 1. The molecule has 0 radical (unpaired) electrons. The van der Waals surface area contributed by atoms with Gasteiger partial charge in [-0.05, 0) is 62.4 Å². The maximum atomic E-state index is 4.59. The summed E-state index contributed by atoms with van der Waals surface area (Å²) < 4.78 is 0. The van der Waals surface area contributed by atoms with E-state index in [1.807, 2.05) is 6.92 Å². The predicted molar refractivity (Wildman–Crippen MR) is 84.8 cm³/mol. The van der Waals surface area contributed by atoms with Gasteiger partial charge in [0.1, 0.15) is 0 Å². The smallest absolute Gasteiger partial charge is 0.0705 e. The Morgan fingerprint density at radius 1 is 1.20 bits per heavy atom. The van der Waals surface area contributed by atoms with E-state index in [9.17, 15) is 0 Å². The topological polar surface area (TPSA) is 24.9 Å². The van der Waals surface area contributed by atoms with Crippen LogP contribution >= 0.6 is 0 Å². The third-order valence-corrected chi connectivity index (χ3v) is 4.73. The number of pyridine rings is 1. The molecule has 1 heterocycles. The van der Waals surface area contributed by atoms with E-state index in [1.54, 1.807) is 0 Å². The number of aryl methyl sites for hydroxylation is 1. The highest BCUT2D eigenvalue weighted by Crippen LogP contribution is 2.39. The second-order valence-electron chi connectivity index (χ2n) is 6.35. The maximum absolute atomic E-state index is 4.59. The zero-order valence-corrected chi connectivity index (χ0v) is 12.7. The molecule has 20 heavy (non-hydrogen) atoms. The molecule has 1 N–H and O–H groups in total. The summed E-state index contributed by atoms with van der Waals surface area (Å²) in [5.41, 5.74) is 3.59. The van der Waals surface area contributed by atoms with Crippen molar-refractivity contribution < 1.29 is 0 Å². The molecule has 0 saturated heterocycles. The minimum absolute atomic E-state index is 0.477. The van der Waals surface area contributed by atoms with Crippen molar-refractivity contribution in [2.75, 3.05) is 7.05 Å². The van der Waals surface area contributed by atoms with Gasteiger partial charge in [-0.3, -0.25) is 4.98 Å². The average molecular weight is 268 g/mol. The van der Waals surface area contributed by atoms with Gasteiger partial charge in [-0.15, -0.1) is 0 Å². The normalized spacial score (nSPS) is 24.1. The van der Waals surface area contributed by atoms with Crippen LogP contribution in [0.1, 0.15) is 43.5 Å². The highest BCUT2D eigenvalue weighted by molar-refractivity contribution is 5.79. The molecular weight excluding hydrogens is 244 g/mol. The summed E-state index contributed by atoms with van der Waals surface area (Å²) in [4.78, 5) is 4.59.